The molecule has 11 nitrogen and oxygen atoms in total. The van der Waals surface area contributed by atoms with Crippen LogP contribution in [0.5, 0.6) is 23.4 Å². The number of carboxylic acids is 1. The summed E-state index contributed by atoms with van der Waals surface area (Å²) in [7, 11) is 0. The molecule has 0 bridgehead atoms. The fourth-order valence-corrected chi connectivity index (χ4v) is 4.84. The summed E-state index contributed by atoms with van der Waals surface area (Å²) in [6.07, 6.45) is 1.10. The number of rotatable bonds is 9. The van der Waals surface area contributed by atoms with Crippen molar-refractivity contribution in [3.8, 4) is 34.8 Å². The average molecular weight is 567 g/mol. The molecule has 40 heavy (non-hydrogen) atoms. The van der Waals surface area contributed by atoms with Crippen LogP contribution in [-0.4, -0.2) is 62.6 Å². The maximum absolute atomic E-state index is 12.7. The molecule has 1 aliphatic heterocycles. The van der Waals surface area contributed by atoms with Gasteiger partial charge in [-0.3, -0.25) is 4.79 Å². The number of aryl methyl sites for hydroxylation is 2. The second-order valence-electron chi connectivity index (χ2n) is 9.29. The van der Waals surface area contributed by atoms with E-state index < -0.39 is 12.0 Å². The van der Waals surface area contributed by atoms with Gasteiger partial charge in [0.05, 0.1) is 6.61 Å². The summed E-state index contributed by atoms with van der Waals surface area (Å²) < 4.78 is 23.3. The van der Waals surface area contributed by atoms with Crippen molar-refractivity contribution in [2.45, 2.75) is 39.7 Å². The molecular weight excluding hydrogens is 540 g/mol. The van der Waals surface area contributed by atoms with Gasteiger partial charge in [-0.15, -0.1) is 0 Å². The number of fused-ring (bicyclic) bond motifs is 1. The number of nitrogens with zero attached hydrogens (tertiary/aromatic N) is 4. The van der Waals surface area contributed by atoms with Crippen molar-refractivity contribution in [2.24, 2.45) is 0 Å². The van der Waals surface area contributed by atoms with Crippen LogP contribution in [0, 0.1) is 13.8 Å². The first-order chi connectivity index (χ1) is 19.2. The second kappa shape index (κ2) is 11.4. The molecule has 5 rings (SSSR count). The van der Waals surface area contributed by atoms with Gasteiger partial charge in [0.1, 0.15) is 17.5 Å². The lowest BCUT2D eigenvalue weighted by Gasteiger charge is -2.22. The van der Waals surface area contributed by atoms with Gasteiger partial charge in [0.25, 0.3) is 17.5 Å². The van der Waals surface area contributed by atoms with Gasteiger partial charge >= 0.3 is 12.0 Å². The average Bonchev–Trinajstić information content (AvgIpc) is 3.56. The molecule has 1 saturated heterocycles. The standard InChI is InChI=1S/C28H27ClN4O7/c1-4-37-25-22-26(32-28(31-25)39-19-8-5-7-18(29)13-19)40-24(30-22)17-11-15(2)23(16(3)12-17)38-14-21(34)33-10-6-9-20(33)27(35)36/h5,7-8,11-13,20H,4,6,9-10,14H2,1-3H3,(H,35,36)/t20-/m0/s1. The van der Waals surface area contributed by atoms with Crippen LogP contribution >= 0.6 is 11.6 Å². The van der Waals surface area contributed by atoms with Crippen molar-refractivity contribution in [1.82, 2.24) is 19.9 Å². The normalized spacial score (nSPS) is 14.9. The van der Waals surface area contributed by atoms with Crippen molar-refractivity contribution >= 4 is 34.7 Å². The van der Waals surface area contributed by atoms with E-state index in [2.05, 4.69) is 15.0 Å². The second-order valence-corrected chi connectivity index (χ2v) is 9.72. The fourth-order valence-electron chi connectivity index (χ4n) is 4.66. The SMILES string of the molecule is CCOc1nc(Oc2cccc(Cl)c2)nc2oc(-c3cc(C)c(OCC(=O)N4CCC[C@H]4C(=O)O)c(C)c3)nc12. The molecule has 1 fully saturated rings. The van der Waals surface area contributed by atoms with Crippen LogP contribution in [0.3, 0.4) is 0 Å². The Hall–Kier alpha value is -4.38. The number of carbonyl (C=O) groups is 2. The minimum atomic E-state index is -0.999. The highest BCUT2D eigenvalue weighted by atomic mass is 35.5. The van der Waals surface area contributed by atoms with Gasteiger partial charge in [0.15, 0.2) is 12.1 Å². The summed E-state index contributed by atoms with van der Waals surface area (Å²) >= 11 is 6.05. The molecule has 1 aliphatic rings. The third-order valence-electron chi connectivity index (χ3n) is 6.40. The minimum absolute atomic E-state index is 0.0184. The topological polar surface area (TPSA) is 137 Å². The van der Waals surface area contributed by atoms with Gasteiger partial charge in [0.2, 0.25) is 5.89 Å². The smallest absolute Gasteiger partial charge is 0.328 e. The first-order valence-corrected chi connectivity index (χ1v) is 13.1. The van der Waals surface area contributed by atoms with Crippen molar-refractivity contribution < 1.29 is 33.3 Å². The maximum Gasteiger partial charge on any atom is 0.328 e. The Kier molecular flexibility index (Phi) is 7.74. The number of hydrogen-bond donors (Lipinski definition) is 1. The van der Waals surface area contributed by atoms with Crippen molar-refractivity contribution in [2.75, 3.05) is 19.8 Å². The minimum Gasteiger partial charge on any atom is -0.483 e. The predicted molar refractivity (Wildman–Crippen MR) is 145 cm³/mol. The Balaban J connectivity index is 1.39. The van der Waals surface area contributed by atoms with Crippen molar-refractivity contribution in [3.63, 3.8) is 0 Å². The summed E-state index contributed by atoms with van der Waals surface area (Å²) in [5, 5.41) is 9.87. The molecule has 0 saturated carbocycles. The van der Waals surface area contributed by atoms with Gasteiger partial charge in [0, 0.05) is 17.1 Å². The van der Waals surface area contributed by atoms with E-state index >= 15 is 0 Å². The lowest BCUT2D eigenvalue weighted by molar-refractivity contribution is -0.149. The molecule has 2 aromatic carbocycles. The molecule has 1 N–H and O–H groups in total. The number of halogens is 1. The molecule has 12 heteroatoms. The van der Waals surface area contributed by atoms with Crippen molar-refractivity contribution in [3.05, 3.63) is 52.5 Å². The molecule has 3 heterocycles. The number of hydrogen-bond acceptors (Lipinski definition) is 9. The molecule has 1 amide bonds. The number of likely N-dealkylation sites (tertiary alicyclic amines) is 1. The number of carbonyl (C=O) groups excluding carboxylic acids is 1. The van der Waals surface area contributed by atoms with Gasteiger partial charge in [-0.1, -0.05) is 17.7 Å². The maximum atomic E-state index is 12.7. The van der Waals surface area contributed by atoms with E-state index in [4.69, 9.17) is 30.2 Å². The fraction of sp³-hybridized carbons (Fsp3) is 0.321. The number of oxazole rings is 1. The number of aromatic nitrogens is 3. The van der Waals surface area contributed by atoms with Crippen LogP contribution in [0.1, 0.15) is 30.9 Å². The number of benzene rings is 2. The highest BCUT2D eigenvalue weighted by Crippen LogP contribution is 2.34. The Morgan fingerprint density at radius 3 is 2.60 bits per heavy atom. The quantitative estimate of drug-likeness (QED) is 0.288. The molecular formula is C28H27ClN4O7. The Morgan fingerprint density at radius 1 is 1.12 bits per heavy atom. The van der Waals surface area contributed by atoms with E-state index in [9.17, 15) is 14.7 Å². The van der Waals surface area contributed by atoms with Crippen LogP contribution in [-0.2, 0) is 9.59 Å². The Morgan fingerprint density at radius 2 is 1.90 bits per heavy atom. The molecule has 2 aromatic heterocycles. The highest BCUT2D eigenvalue weighted by Gasteiger charge is 2.34. The van der Waals surface area contributed by atoms with Crippen LogP contribution < -0.4 is 14.2 Å². The van der Waals surface area contributed by atoms with Gasteiger partial charge in [-0.25, -0.2) is 9.78 Å². The first kappa shape index (κ1) is 27.2. The zero-order valence-electron chi connectivity index (χ0n) is 22.1. The predicted octanol–water partition coefficient (Wildman–Crippen LogP) is 5.20. The largest absolute Gasteiger partial charge is 0.483 e. The van der Waals surface area contributed by atoms with E-state index in [1.54, 1.807) is 24.3 Å². The molecule has 1 atom stereocenters. The summed E-state index contributed by atoms with van der Waals surface area (Å²) in [6, 6.07) is 9.71. The summed E-state index contributed by atoms with van der Waals surface area (Å²) in [5.74, 6) is 0.142. The van der Waals surface area contributed by atoms with Gasteiger partial charge in [-0.2, -0.15) is 9.97 Å². The van der Waals surface area contributed by atoms with E-state index in [0.717, 1.165) is 11.1 Å². The molecule has 0 radical (unpaired) electrons. The Labute approximate surface area is 234 Å². The Bertz CT molecular complexity index is 1570. The summed E-state index contributed by atoms with van der Waals surface area (Å²) in [4.78, 5) is 38.7. The zero-order valence-corrected chi connectivity index (χ0v) is 22.9. The van der Waals surface area contributed by atoms with Gasteiger partial charge in [-0.05, 0) is 75.1 Å². The lowest BCUT2D eigenvalue weighted by Crippen LogP contribution is -2.42. The van der Waals surface area contributed by atoms with Crippen LogP contribution in [0.25, 0.3) is 22.7 Å². The zero-order chi connectivity index (χ0) is 28.4. The van der Waals surface area contributed by atoms with E-state index in [-0.39, 0.29) is 30.1 Å². The number of aliphatic carboxylic acids is 1. The van der Waals surface area contributed by atoms with E-state index in [1.807, 2.05) is 32.9 Å². The molecule has 0 unspecified atom stereocenters. The number of carboxylic acid groups (broad SMARTS) is 1. The monoisotopic (exact) mass is 566 g/mol. The third-order valence-corrected chi connectivity index (χ3v) is 6.63. The van der Waals surface area contributed by atoms with Gasteiger partial charge < -0.3 is 28.6 Å². The van der Waals surface area contributed by atoms with Crippen LogP contribution in [0.2, 0.25) is 5.02 Å². The highest BCUT2D eigenvalue weighted by molar-refractivity contribution is 6.30. The number of ether oxygens (including phenoxy) is 3. The first-order valence-electron chi connectivity index (χ1n) is 12.7. The molecule has 4 aromatic rings. The van der Waals surface area contributed by atoms with Crippen LogP contribution in [0.4, 0.5) is 0 Å². The molecule has 208 valence electrons. The van der Waals surface area contributed by atoms with Crippen LogP contribution in [0.15, 0.2) is 40.8 Å². The molecule has 0 spiro atoms. The lowest BCUT2D eigenvalue weighted by atomic mass is 10.1. The van der Waals surface area contributed by atoms with E-state index in [0.29, 0.717) is 59.5 Å². The summed E-state index contributed by atoms with van der Waals surface area (Å²) in [5.41, 5.74) is 2.70. The third kappa shape index (κ3) is 5.64. The van der Waals surface area contributed by atoms with Crippen molar-refractivity contribution in [1.29, 1.82) is 0 Å². The summed E-state index contributed by atoms with van der Waals surface area (Å²) in [6.45, 7) is 6.02. The van der Waals surface area contributed by atoms with E-state index in [1.165, 1.54) is 4.90 Å². The number of amides is 1. The molecule has 0 aliphatic carbocycles.